The minimum Gasteiger partial charge on any atom is -0.351 e. The number of nitrogens with two attached hydrogens (primary N) is 1. The van der Waals surface area contributed by atoms with E-state index in [1.807, 2.05) is 12.5 Å². The van der Waals surface area contributed by atoms with Crippen molar-refractivity contribution >= 4 is 41.8 Å². The van der Waals surface area contributed by atoms with Gasteiger partial charge in [-0.25, -0.2) is 0 Å². The average Bonchev–Trinajstić information content (AvgIpc) is 2.42. The van der Waals surface area contributed by atoms with Crippen LogP contribution >= 0.6 is 35.9 Å². The van der Waals surface area contributed by atoms with Crippen LogP contribution in [0.2, 0.25) is 0 Å². The number of hydrogen-bond donors (Lipinski definition) is 2. The van der Waals surface area contributed by atoms with Gasteiger partial charge in [-0.15, -0.1) is 24.2 Å². The van der Waals surface area contributed by atoms with Crippen molar-refractivity contribution in [2.75, 3.05) is 18.3 Å². The lowest BCUT2D eigenvalue weighted by Crippen LogP contribution is -2.40. The maximum atomic E-state index is 11.8. The number of aryl methyl sites for hydroxylation is 1. The lowest BCUT2D eigenvalue weighted by Gasteiger charge is -2.13. The minimum atomic E-state index is -0.407. The predicted octanol–water partition coefficient (Wildman–Crippen LogP) is 2.84. The van der Waals surface area contributed by atoms with Gasteiger partial charge in [-0.3, -0.25) is 4.79 Å². The standard InChI is InChI=1S/C14H22N2OS2.ClH/c1-10-4-5-11(13(8-10)19-3)9-16-14(17)12(15)6-7-18-2;/h4-5,8,12H,6-7,9,15H2,1-3H3,(H,16,17);1H/t12-;/m0./s1. The van der Waals surface area contributed by atoms with Crippen LogP contribution in [0.5, 0.6) is 0 Å². The Hall–Kier alpha value is -0.360. The van der Waals surface area contributed by atoms with Crippen LogP contribution in [0.1, 0.15) is 17.5 Å². The molecule has 1 amide bonds. The van der Waals surface area contributed by atoms with Crippen LogP contribution in [0, 0.1) is 6.92 Å². The highest BCUT2D eigenvalue weighted by atomic mass is 35.5. The Morgan fingerprint density at radius 2 is 2.10 bits per heavy atom. The Morgan fingerprint density at radius 1 is 1.40 bits per heavy atom. The Bertz CT molecular complexity index is 430. The molecule has 0 heterocycles. The van der Waals surface area contributed by atoms with Crippen LogP contribution in [0.15, 0.2) is 23.1 Å². The van der Waals surface area contributed by atoms with E-state index in [-0.39, 0.29) is 18.3 Å². The third-order valence-corrected chi connectivity index (χ3v) is 4.33. The Balaban J connectivity index is 0.00000361. The summed E-state index contributed by atoms with van der Waals surface area (Å²) >= 11 is 3.40. The fraction of sp³-hybridized carbons (Fsp3) is 0.500. The Labute approximate surface area is 136 Å². The SMILES string of the molecule is CSCC[C@H](N)C(=O)NCc1ccc(C)cc1SC.Cl. The molecule has 20 heavy (non-hydrogen) atoms. The van der Waals surface area contributed by atoms with E-state index >= 15 is 0 Å². The second kappa shape index (κ2) is 10.4. The molecular formula is C14H23ClN2OS2. The molecule has 6 heteroatoms. The van der Waals surface area contributed by atoms with Crippen molar-refractivity contribution in [1.29, 1.82) is 0 Å². The van der Waals surface area contributed by atoms with Gasteiger partial charge in [-0.2, -0.15) is 11.8 Å². The molecule has 1 atom stereocenters. The Morgan fingerprint density at radius 3 is 2.70 bits per heavy atom. The zero-order chi connectivity index (χ0) is 14.3. The first-order valence-electron chi connectivity index (χ1n) is 6.24. The van der Waals surface area contributed by atoms with Crippen molar-refractivity contribution in [3.8, 4) is 0 Å². The molecule has 0 aromatic heterocycles. The molecular weight excluding hydrogens is 312 g/mol. The minimum absolute atomic E-state index is 0. The number of halogens is 1. The van der Waals surface area contributed by atoms with Crippen LogP contribution in [0.3, 0.4) is 0 Å². The van der Waals surface area contributed by atoms with Gasteiger partial charge in [0.1, 0.15) is 0 Å². The van der Waals surface area contributed by atoms with E-state index in [0.717, 1.165) is 17.7 Å². The quantitative estimate of drug-likeness (QED) is 0.753. The second-order valence-corrected chi connectivity index (χ2v) is 6.25. The van der Waals surface area contributed by atoms with Crippen LogP contribution in [0.4, 0.5) is 0 Å². The van der Waals surface area contributed by atoms with Crippen molar-refractivity contribution in [2.45, 2.75) is 30.8 Å². The zero-order valence-corrected chi connectivity index (χ0v) is 14.6. The summed E-state index contributed by atoms with van der Waals surface area (Å²) in [6.45, 7) is 2.61. The largest absolute Gasteiger partial charge is 0.351 e. The molecule has 1 rings (SSSR count). The summed E-state index contributed by atoms with van der Waals surface area (Å²) in [5.41, 5.74) is 8.21. The topological polar surface area (TPSA) is 55.1 Å². The van der Waals surface area contributed by atoms with E-state index in [2.05, 4.69) is 30.4 Å². The van der Waals surface area contributed by atoms with Crippen molar-refractivity contribution in [3.63, 3.8) is 0 Å². The summed E-state index contributed by atoms with van der Waals surface area (Å²) in [5, 5.41) is 2.92. The molecule has 0 bridgehead atoms. The van der Waals surface area contributed by atoms with E-state index in [1.165, 1.54) is 10.5 Å². The van der Waals surface area contributed by atoms with Crippen molar-refractivity contribution < 1.29 is 4.79 Å². The lowest BCUT2D eigenvalue weighted by atomic mass is 10.1. The van der Waals surface area contributed by atoms with Gasteiger partial charge < -0.3 is 11.1 Å². The van der Waals surface area contributed by atoms with E-state index < -0.39 is 6.04 Å². The predicted molar refractivity (Wildman–Crippen MR) is 93.0 cm³/mol. The smallest absolute Gasteiger partial charge is 0.237 e. The molecule has 0 aliphatic rings. The third kappa shape index (κ3) is 6.39. The number of carbonyl (C=O) groups is 1. The first-order valence-corrected chi connectivity index (χ1v) is 8.86. The van der Waals surface area contributed by atoms with Crippen LogP contribution in [-0.4, -0.2) is 30.2 Å². The first kappa shape index (κ1) is 19.6. The molecule has 3 nitrogen and oxygen atoms in total. The molecule has 0 aliphatic carbocycles. The third-order valence-electron chi connectivity index (χ3n) is 2.87. The summed E-state index contributed by atoms with van der Waals surface area (Å²) in [5.74, 6) is 0.844. The van der Waals surface area contributed by atoms with Gasteiger partial charge in [0.25, 0.3) is 0 Å². The summed E-state index contributed by atoms with van der Waals surface area (Å²) in [7, 11) is 0. The number of rotatable bonds is 7. The average molecular weight is 335 g/mol. The number of carbonyl (C=O) groups excluding carboxylic acids is 1. The van der Waals surface area contributed by atoms with Gasteiger partial charge in [-0.05, 0) is 48.8 Å². The van der Waals surface area contributed by atoms with Crippen LogP contribution < -0.4 is 11.1 Å². The normalized spacial score (nSPS) is 11.6. The van der Waals surface area contributed by atoms with Gasteiger partial charge in [0.15, 0.2) is 0 Å². The van der Waals surface area contributed by atoms with Crippen molar-refractivity contribution in [1.82, 2.24) is 5.32 Å². The van der Waals surface area contributed by atoms with Crippen LogP contribution in [0.25, 0.3) is 0 Å². The van der Waals surface area contributed by atoms with E-state index in [0.29, 0.717) is 6.54 Å². The summed E-state index contributed by atoms with van der Waals surface area (Å²) in [6, 6.07) is 5.86. The molecule has 0 unspecified atom stereocenters. The second-order valence-electron chi connectivity index (χ2n) is 4.42. The highest BCUT2D eigenvalue weighted by Crippen LogP contribution is 2.21. The van der Waals surface area contributed by atoms with Gasteiger partial charge in [0, 0.05) is 11.4 Å². The fourth-order valence-electron chi connectivity index (χ4n) is 1.69. The van der Waals surface area contributed by atoms with Crippen molar-refractivity contribution in [3.05, 3.63) is 29.3 Å². The molecule has 0 saturated heterocycles. The van der Waals surface area contributed by atoms with E-state index in [9.17, 15) is 4.79 Å². The number of benzene rings is 1. The van der Waals surface area contributed by atoms with E-state index in [4.69, 9.17) is 5.73 Å². The van der Waals surface area contributed by atoms with E-state index in [1.54, 1.807) is 23.5 Å². The highest BCUT2D eigenvalue weighted by Gasteiger charge is 2.13. The molecule has 0 fully saturated rings. The van der Waals surface area contributed by atoms with Gasteiger partial charge in [0.05, 0.1) is 6.04 Å². The molecule has 0 radical (unpaired) electrons. The highest BCUT2D eigenvalue weighted by molar-refractivity contribution is 7.98. The molecule has 1 aromatic rings. The lowest BCUT2D eigenvalue weighted by molar-refractivity contribution is -0.122. The molecule has 0 aliphatic heterocycles. The summed E-state index contributed by atoms with van der Waals surface area (Å²) in [6.07, 6.45) is 4.78. The molecule has 1 aromatic carbocycles. The van der Waals surface area contributed by atoms with Gasteiger partial charge >= 0.3 is 0 Å². The fourth-order valence-corrected chi connectivity index (χ4v) is 2.88. The number of amides is 1. The molecule has 114 valence electrons. The maximum absolute atomic E-state index is 11.8. The molecule has 3 N–H and O–H groups in total. The van der Waals surface area contributed by atoms with Crippen molar-refractivity contribution in [2.24, 2.45) is 5.73 Å². The first-order chi connectivity index (χ1) is 9.08. The number of hydrogen-bond acceptors (Lipinski definition) is 4. The zero-order valence-electron chi connectivity index (χ0n) is 12.1. The molecule has 0 spiro atoms. The Kier molecular flexibility index (Phi) is 10.2. The molecule has 0 saturated carbocycles. The van der Waals surface area contributed by atoms with Gasteiger partial charge in [-0.1, -0.05) is 12.1 Å². The monoisotopic (exact) mass is 334 g/mol. The maximum Gasteiger partial charge on any atom is 0.237 e. The number of thioether (sulfide) groups is 2. The van der Waals surface area contributed by atoms with Crippen LogP contribution in [-0.2, 0) is 11.3 Å². The van der Waals surface area contributed by atoms with Gasteiger partial charge in [0.2, 0.25) is 5.91 Å². The number of nitrogens with one attached hydrogen (secondary N) is 1. The summed E-state index contributed by atoms with van der Waals surface area (Å²) in [4.78, 5) is 13.0. The summed E-state index contributed by atoms with van der Waals surface area (Å²) < 4.78 is 0.